The lowest BCUT2D eigenvalue weighted by Gasteiger charge is -2.23. The predicted octanol–water partition coefficient (Wildman–Crippen LogP) is 0.443. The fourth-order valence-electron chi connectivity index (χ4n) is 1.66. The Morgan fingerprint density at radius 2 is 2.29 bits per heavy atom. The van der Waals surface area contributed by atoms with Gasteiger partial charge < -0.3 is 20.5 Å². The van der Waals surface area contributed by atoms with Crippen LogP contribution in [0.3, 0.4) is 0 Å². The Balaban J connectivity index is 2.14. The van der Waals surface area contributed by atoms with Gasteiger partial charge in [0.15, 0.2) is 0 Å². The summed E-state index contributed by atoms with van der Waals surface area (Å²) in [5.41, 5.74) is 5.44. The Bertz CT molecular complexity index is 392. The largest absolute Gasteiger partial charge is 0.464 e. The number of nitrogen functional groups attached to an aromatic ring is 1. The third-order valence-corrected chi connectivity index (χ3v) is 2.54. The van der Waals surface area contributed by atoms with E-state index in [4.69, 9.17) is 15.2 Å². The standard InChI is InChI=1S/C10H17N5O2/c1-3-17-9-13-7(11)12-8(14-9)15-10(2)4-5-16-6-10/h3-6H2,1-2H3,(H3,11,12,13,14,15). The van der Waals surface area contributed by atoms with Crippen molar-refractivity contribution in [1.29, 1.82) is 0 Å². The highest BCUT2D eigenvalue weighted by molar-refractivity contribution is 5.35. The van der Waals surface area contributed by atoms with Gasteiger partial charge in [0, 0.05) is 6.61 Å². The number of nitrogens with two attached hydrogens (primary N) is 1. The summed E-state index contributed by atoms with van der Waals surface area (Å²) in [6, 6.07) is 0.241. The fraction of sp³-hybridized carbons (Fsp3) is 0.700. The van der Waals surface area contributed by atoms with Gasteiger partial charge in [-0.15, -0.1) is 0 Å². The summed E-state index contributed by atoms with van der Waals surface area (Å²) < 4.78 is 10.6. The van der Waals surface area contributed by atoms with Gasteiger partial charge in [0.2, 0.25) is 11.9 Å². The van der Waals surface area contributed by atoms with Crippen LogP contribution in [0, 0.1) is 0 Å². The van der Waals surface area contributed by atoms with Crippen LogP contribution in [0.4, 0.5) is 11.9 Å². The highest BCUT2D eigenvalue weighted by Crippen LogP contribution is 2.22. The average molecular weight is 239 g/mol. The van der Waals surface area contributed by atoms with E-state index in [-0.39, 0.29) is 17.5 Å². The number of hydrogen-bond donors (Lipinski definition) is 2. The highest BCUT2D eigenvalue weighted by atomic mass is 16.5. The predicted molar refractivity (Wildman–Crippen MR) is 62.9 cm³/mol. The maximum absolute atomic E-state index is 5.59. The van der Waals surface area contributed by atoms with E-state index in [0.29, 0.717) is 19.2 Å². The molecule has 2 rings (SSSR count). The van der Waals surface area contributed by atoms with Gasteiger partial charge in [0.25, 0.3) is 0 Å². The molecule has 3 N–H and O–H groups in total. The van der Waals surface area contributed by atoms with E-state index in [0.717, 1.165) is 13.0 Å². The molecule has 7 heteroatoms. The zero-order valence-corrected chi connectivity index (χ0v) is 10.1. The third-order valence-electron chi connectivity index (χ3n) is 2.54. The number of nitrogens with zero attached hydrogens (tertiary/aromatic N) is 3. The molecule has 1 aromatic heterocycles. The van der Waals surface area contributed by atoms with Gasteiger partial charge in [-0.3, -0.25) is 0 Å². The smallest absolute Gasteiger partial charge is 0.323 e. The van der Waals surface area contributed by atoms with Gasteiger partial charge in [-0.05, 0) is 20.3 Å². The molecule has 1 aliphatic rings. The van der Waals surface area contributed by atoms with Gasteiger partial charge in [0.1, 0.15) is 0 Å². The van der Waals surface area contributed by atoms with Crippen molar-refractivity contribution in [2.45, 2.75) is 25.8 Å². The first-order valence-corrected chi connectivity index (χ1v) is 5.61. The molecule has 1 fully saturated rings. The van der Waals surface area contributed by atoms with Crippen molar-refractivity contribution in [3.05, 3.63) is 0 Å². The third kappa shape index (κ3) is 2.94. The second-order valence-electron chi connectivity index (χ2n) is 4.22. The van der Waals surface area contributed by atoms with E-state index in [2.05, 4.69) is 27.2 Å². The topological polar surface area (TPSA) is 95.2 Å². The van der Waals surface area contributed by atoms with Crippen LogP contribution in [-0.4, -0.2) is 40.3 Å². The van der Waals surface area contributed by atoms with Crippen molar-refractivity contribution in [2.24, 2.45) is 0 Å². The molecule has 1 atom stereocenters. The van der Waals surface area contributed by atoms with Crippen LogP contribution in [-0.2, 0) is 4.74 Å². The van der Waals surface area contributed by atoms with Crippen LogP contribution in [0.15, 0.2) is 0 Å². The number of hydrogen-bond acceptors (Lipinski definition) is 7. The zero-order chi connectivity index (χ0) is 12.3. The number of nitrogens with one attached hydrogen (secondary N) is 1. The van der Waals surface area contributed by atoms with Crippen molar-refractivity contribution >= 4 is 11.9 Å². The molecule has 0 aromatic carbocycles. The lowest BCUT2D eigenvalue weighted by molar-refractivity contribution is 0.185. The van der Waals surface area contributed by atoms with E-state index in [9.17, 15) is 0 Å². The van der Waals surface area contributed by atoms with Crippen LogP contribution >= 0.6 is 0 Å². The Morgan fingerprint density at radius 3 is 2.94 bits per heavy atom. The molecule has 0 radical (unpaired) electrons. The van der Waals surface area contributed by atoms with Crippen molar-refractivity contribution in [3.63, 3.8) is 0 Å². The first kappa shape index (κ1) is 11.8. The fourth-order valence-corrected chi connectivity index (χ4v) is 1.66. The lowest BCUT2D eigenvalue weighted by Crippen LogP contribution is -2.36. The van der Waals surface area contributed by atoms with Gasteiger partial charge >= 0.3 is 6.01 Å². The van der Waals surface area contributed by atoms with E-state index >= 15 is 0 Å². The van der Waals surface area contributed by atoms with Crippen LogP contribution in [0.25, 0.3) is 0 Å². The average Bonchev–Trinajstić information content (AvgIpc) is 2.64. The van der Waals surface area contributed by atoms with E-state index in [1.54, 1.807) is 0 Å². The summed E-state index contributed by atoms with van der Waals surface area (Å²) in [6.07, 6.45) is 0.905. The minimum Gasteiger partial charge on any atom is -0.464 e. The van der Waals surface area contributed by atoms with Crippen molar-refractivity contribution in [1.82, 2.24) is 15.0 Å². The number of ether oxygens (including phenoxy) is 2. The molecule has 7 nitrogen and oxygen atoms in total. The van der Waals surface area contributed by atoms with Crippen molar-refractivity contribution in [3.8, 4) is 6.01 Å². The zero-order valence-electron chi connectivity index (χ0n) is 10.1. The summed E-state index contributed by atoms with van der Waals surface area (Å²) >= 11 is 0. The monoisotopic (exact) mass is 239 g/mol. The minimum absolute atomic E-state index is 0.147. The molecule has 0 bridgehead atoms. The molecule has 94 valence electrons. The molecule has 2 heterocycles. The summed E-state index contributed by atoms with van der Waals surface area (Å²) in [4.78, 5) is 12.1. The number of anilines is 2. The molecular weight excluding hydrogens is 222 g/mol. The number of rotatable bonds is 4. The first-order chi connectivity index (χ1) is 8.11. The Morgan fingerprint density at radius 1 is 1.47 bits per heavy atom. The van der Waals surface area contributed by atoms with Crippen molar-refractivity contribution in [2.75, 3.05) is 30.9 Å². The maximum atomic E-state index is 5.59. The Labute approximate surface area is 99.8 Å². The van der Waals surface area contributed by atoms with E-state index in [1.165, 1.54) is 0 Å². The SMILES string of the molecule is CCOc1nc(N)nc(NC2(C)CCOC2)n1. The summed E-state index contributed by atoms with van der Waals surface area (Å²) in [6.45, 7) is 5.77. The molecule has 0 aliphatic carbocycles. The molecular formula is C10H17N5O2. The van der Waals surface area contributed by atoms with Gasteiger partial charge in [-0.1, -0.05) is 0 Å². The molecule has 0 spiro atoms. The highest BCUT2D eigenvalue weighted by Gasteiger charge is 2.30. The summed E-state index contributed by atoms with van der Waals surface area (Å²) in [7, 11) is 0. The minimum atomic E-state index is -0.155. The van der Waals surface area contributed by atoms with Gasteiger partial charge in [0.05, 0.1) is 18.8 Å². The van der Waals surface area contributed by atoms with Crippen LogP contribution < -0.4 is 15.8 Å². The van der Waals surface area contributed by atoms with Gasteiger partial charge in [-0.2, -0.15) is 15.0 Å². The van der Waals surface area contributed by atoms with E-state index in [1.807, 2.05) is 6.92 Å². The Hall–Kier alpha value is -1.63. The van der Waals surface area contributed by atoms with Crippen LogP contribution in [0.2, 0.25) is 0 Å². The van der Waals surface area contributed by atoms with Gasteiger partial charge in [-0.25, -0.2) is 0 Å². The number of aromatic nitrogens is 3. The molecule has 0 saturated carbocycles. The summed E-state index contributed by atoms with van der Waals surface area (Å²) in [5, 5.41) is 3.21. The molecule has 1 aromatic rings. The molecule has 1 unspecified atom stereocenters. The molecule has 0 amide bonds. The second kappa shape index (κ2) is 4.70. The van der Waals surface area contributed by atoms with Crippen LogP contribution in [0.5, 0.6) is 6.01 Å². The molecule has 1 aliphatic heterocycles. The Kier molecular flexibility index (Phi) is 3.28. The lowest BCUT2D eigenvalue weighted by atomic mass is 10.0. The second-order valence-corrected chi connectivity index (χ2v) is 4.22. The normalized spacial score (nSPS) is 23.6. The van der Waals surface area contributed by atoms with E-state index < -0.39 is 0 Å². The quantitative estimate of drug-likeness (QED) is 0.787. The summed E-state index contributed by atoms with van der Waals surface area (Å²) in [5.74, 6) is 0.572. The first-order valence-electron chi connectivity index (χ1n) is 5.61. The van der Waals surface area contributed by atoms with Crippen molar-refractivity contribution < 1.29 is 9.47 Å². The van der Waals surface area contributed by atoms with Crippen LogP contribution in [0.1, 0.15) is 20.3 Å². The maximum Gasteiger partial charge on any atom is 0.323 e. The molecule has 17 heavy (non-hydrogen) atoms. The molecule has 1 saturated heterocycles.